The van der Waals surface area contributed by atoms with E-state index in [1.54, 1.807) is 50.7 Å². The van der Waals surface area contributed by atoms with Crippen LogP contribution in [0, 0.1) is 11.8 Å². The van der Waals surface area contributed by atoms with Crippen LogP contribution in [-0.2, 0) is 28.2 Å². The Morgan fingerprint density at radius 2 is 1.98 bits per heavy atom. The summed E-state index contributed by atoms with van der Waals surface area (Å²) in [5.74, 6) is 4.26. The van der Waals surface area contributed by atoms with Crippen molar-refractivity contribution < 1.29 is 41.3 Å². The van der Waals surface area contributed by atoms with E-state index >= 15 is 0 Å². The summed E-state index contributed by atoms with van der Waals surface area (Å²) < 4.78 is 68.4. The standard InChI is InChI=1S/C32H49F3N6O7S2Si/c1-30(2,3)51(9,10)47-16-23-22(46-19-44-8)14-24(48-23)41-15-21(25-26(41)38-29(39-27(25)42)37-18-40(6)7)12-11-13-45-20-49-50-31(4,5)17-36-28(43)32(33,34)35/h15,18,22-24H,13-14,16-17,19-20H2,1-10H3,(H,36,43)(H,38,39,42)/b37-18-/t22-,23-,24-/m1/s1. The van der Waals surface area contributed by atoms with Crippen molar-refractivity contribution >= 4 is 59.1 Å². The van der Waals surface area contributed by atoms with Crippen LogP contribution >= 0.6 is 21.6 Å². The number of rotatable bonds is 16. The highest BCUT2D eigenvalue weighted by Gasteiger charge is 2.43. The maximum atomic E-state index is 13.4. The van der Waals surface area contributed by atoms with Crippen LogP contribution in [0.25, 0.3) is 11.0 Å². The van der Waals surface area contributed by atoms with Crippen molar-refractivity contribution in [1.82, 2.24) is 24.8 Å². The van der Waals surface area contributed by atoms with Crippen LogP contribution in [0.3, 0.4) is 0 Å². The highest BCUT2D eigenvalue weighted by molar-refractivity contribution is 8.77. The molecule has 3 heterocycles. The molecule has 0 saturated carbocycles. The molecule has 3 atom stereocenters. The van der Waals surface area contributed by atoms with Crippen molar-refractivity contribution in [2.45, 2.75) is 88.5 Å². The fourth-order valence-electron chi connectivity index (χ4n) is 4.41. The van der Waals surface area contributed by atoms with Crippen molar-refractivity contribution in [2.75, 3.05) is 53.7 Å². The number of aromatic nitrogens is 3. The molecule has 1 amide bonds. The number of alkyl halides is 3. The molecule has 0 unspecified atom stereocenters. The summed E-state index contributed by atoms with van der Waals surface area (Å²) in [7, 11) is 5.61. The number of hydrogen-bond acceptors (Lipinski definition) is 11. The van der Waals surface area contributed by atoms with Crippen LogP contribution in [0.5, 0.6) is 0 Å². The summed E-state index contributed by atoms with van der Waals surface area (Å²) in [6.07, 6.45) is -2.57. The Bertz CT molecular complexity index is 1630. The van der Waals surface area contributed by atoms with Gasteiger partial charge >= 0.3 is 12.1 Å². The number of ether oxygens (including phenoxy) is 4. The number of halogens is 3. The van der Waals surface area contributed by atoms with E-state index in [9.17, 15) is 22.8 Å². The van der Waals surface area contributed by atoms with E-state index in [-0.39, 0.29) is 48.4 Å². The number of H-pyrrole nitrogens is 1. The number of hydrogen-bond donors (Lipinski definition) is 2. The number of amides is 1. The van der Waals surface area contributed by atoms with Gasteiger partial charge in [-0.2, -0.15) is 18.2 Å². The van der Waals surface area contributed by atoms with E-state index in [0.717, 1.165) is 0 Å². The average molecular weight is 779 g/mol. The van der Waals surface area contributed by atoms with Gasteiger partial charge in [0, 0.05) is 45.1 Å². The first kappa shape index (κ1) is 42.8. The Morgan fingerprint density at radius 3 is 2.61 bits per heavy atom. The van der Waals surface area contributed by atoms with Gasteiger partial charge in [-0.15, -0.1) is 0 Å². The summed E-state index contributed by atoms with van der Waals surface area (Å²) in [6, 6.07) is 0. The SMILES string of the molecule is COCO[C@@H]1C[C@H](n2cc(C#CCOCSSC(C)(C)CNC(=O)C(F)(F)F)c3c(=O)[nH]c(/N=C\N(C)C)nc32)O[C@@H]1CO[Si](C)(C)C(C)(C)C. The number of aromatic amines is 1. The van der Waals surface area contributed by atoms with Crippen molar-refractivity contribution in [3.63, 3.8) is 0 Å². The Morgan fingerprint density at radius 1 is 1.27 bits per heavy atom. The van der Waals surface area contributed by atoms with Crippen LogP contribution < -0.4 is 10.9 Å². The van der Waals surface area contributed by atoms with E-state index in [1.807, 2.05) is 5.32 Å². The summed E-state index contributed by atoms with van der Waals surface area (Å²) in [5.41, 5.74) is 0.320. The smallest absolute Gasteiger partial charge is 0.414 e. The van der Waals surface area contributed by atoms with Crippen molar-refractivity contribution in [1.29, 1.82) is 0 Å². The van der Waals surface area contributed by atoms with Crippen molar-refractivity contribution in [3.8, 4) is 11.8 Å². The molecule has 0 bridgehead atoms. The zero-order valence-electron chi connectivity index (χ0n) is 30.7. The summed E-state index contributed by atoms with van der Waals surface area (Å²) >= 11 is 0. The molecule has 1 aliphatic rings. The Hall–Kier alpha value is -2.57. The molecular formula is C32H49F3N6O7S2Si. The molecule has 2 N–H and O–H groups in total. The average Bonchev–Trinajstić information content (AvgIpc) is 3.60. The number of fused-ring (bicyclic) bond motifs is 1. The molecule has 286 valence electrons. The van der Waals surface area contributed by atoms with E-state index in [4.69, 9.17) is 23.4 Å². The van der Waals surface area contributed by atoms with Crippen LogP contribution in [0.2, 0.25) is 18.1 Å². The number of aliphatic imine (C=N–C) groups is 1. The molecule has 13 nitrogen and oxygen atoms in total. The minimum absolute atomic E-state index is 0.00305. The second kappa shape index (κ2) is 18.0. The molecule has 0 aliphatic carbocycles. The fraction of sp³-hybridized carbons (Fsp3) is 0.688. The Kier molecular flexibility index (Phi) is 15.1. The van der Waals surface area contributed by atoms with E-state index < -0.39 is 43.0 Å². The lowest BCUT2D eigenvalue weighted by atomic mass is 10.2. The third-order valence-corrected chi connectivity index (χ3v) is 15.6. The molecule has 51 heavy (non-hydrogen) atoms. The second-order valence-electron chi connectivity index (χ2n) is 14.2. The summed E-state index contributed by atoms with van der Waals surface area (Å²) in [6.45, 7) is 14.5. The van der Waals surface area contributed by atoms with Gasteiger partial charge in [-0.1, -0.05) is 54.2 Å². The lowest BCUT2D eigenvalue weighted by molar-refractivity contribution is -0.173. The highest BCUT2D eigenvalue weighted by atomic mass is 33.1. The topological polar surface area (TPSA) is 142 Å². The molecular weight excluding hydrogens is 730 g/mol. The van der Waals surface area contributed by atoms with Crippen LogP contribution in [-0.4, -0.2) is 117 Å². The van der Waals surface area contributed by atoms with Gasteiger partial charge in [-0.25, -0.2) is 4.99 Å². The maximum absolute atomic E-state index is 13.4. The zero-order chi connectivity index (χ0) is 38.2. The Labute approximate surface area is 305 Å². The highest BCUT2D eigenvalue weighted by Crippen LogP contribution is 2.39. The molecule has 0 aromatic carbocycles. The van der Waals surface area contributed by atoms with Crippen molar-refractivity contribution in [3.05, 3.63) is 22.1 Å². The molecule has 19 heteroatoms. The number of methoxy groups -OCH3 is 1. The summed E-state index contributed by atoms with van der Waals surface area (Å²) in [4.78, 5) is 37.9. The van der Waals surface area contributed by atoms with Crippen LogP contribution in [0.1, 0.15) is 52.8 Å². The molecule has 2 aromatic heterocycles. The van der Waals surface area contributed by atoms with Crippen molar-refractivity contribution in [2.24, 2.45) is 4.99 Å². The van der Waals surface area contributed by atoms with Gasteiger partial charge in [0.25, 0.3) is 5.56 Å². The molecule has 1 fully saturated rings. The van der Waals surface area contributed by atoms with Crippen LogP contribution in [0.15, 0.2) is 16.0 Å². The van der Waals surface area contributed by atoms with E-state index in [1.165, 1.54) is 27.9 Å². The maximum Gasteiger partial charge on any atom is 0.471 e. The predicted molar refractivity (Wildman–Crippen MR) is 197 cm³/mol. The first-order valence-electron chi connectivity index (χ1n) is 16.1. The van der Waals surface area contributed by atoms with E-state index in [2.05, 4.69) is 60.7 Å². The monoisotopic (exact) mass is 778 g/mol. The molecule has 1 saturated heterocycles. The molecule has 0 radical (unpaired) electrons. The van der Waals surface area contributed by atoms with E-state index in [0.29, 0.717) is 24.2 Å². The third kappa shape index (κ3) is 12.5. The number of nitrogens with zero attached hydrogens (tertiary/aromatic N) is 4. The zero-order valence-corrected chi connectivity index (χ0v) is 33.4. The Balaban J connectivity index is 1.80. The van der Waals surface area contributed by atoms with Gasteiger partial charge in [0.1, 0.15) is 31.7 Å². The minimum Gasteiger partial charge on any atom is -0.414 e. The largest absolute Gasteiger partial charge is 0.471 e. The van der Waals surface area contributed by atoms with Gasteiger partial charge in [0.05, 0.1) is 30.0 Å². The number of carbonyl (C=O) groups excluding carboxylic acids is 1. The summed E-state index contributed by atoms with van der Waals surface area (Å²) in [5, 5.41) is 2.16. The molecule has 0 spiro atoms. The minimum atomic E-state index is -4.93. The molecule has 1 aliphatic heterocycles. The first-order valence-corrected chi connectivity index (χ1v) is 21.4. The second-order valence-corrected chi connectivity index (χ2v) is 22.0. The molecule has 3 rings (SSSR count). The third-order valence-electron chi connectivity index (χ3n) is 8.13. The lowest BCUT2D eigenvalue weighted by Crippen LogP contribution is -2.44. The van der Waals surface area contributed by atoms with Gasteiger partial charge in [0.15, 0.2) is 14.0 Å². The lowest BCUT2D eigenvalue weighted by Gasteiger charge is -2.37. The number of carbonyl (C=O) groups is 1. The molecule has 2 aromatic rings. The number of nitrogens with one attached hydrogen (secondary N) is 2. The fourth-order valence-corrected chi connectivity index (χ4v) is 7.56. The van der Waals surface area contributed by atoms with Gasteiger partial charge in [0.2, 0.25) is 5.95 Å². The quantitative estimate of drug-likeness (QED) is 0.0430. The van der Waals surface area contributed by atoms with Gasteiger partial charge in [-0.05, 0) is 32.0 Å². The predicted octanol–water partition coefficient (Wildman–Crippen LogP) is 5.41. The van der Waals surface area contributed by atoms with Gasteiger partial charge in [-0.3, -0.25) is 14.6 Å². The first-order chi connectivity index (χ1) is 23.6. The van der Waals surface area contributed by atoms with Gasteiger partial charge < -0.3 is 38.2 Å². The van der Waals surface area contributed by atoms with Crippen LogP contribution in [0.4, 0.5) is 19.1 Å². The normalized spacial score (nSPS) is 18.7.